The van der Waals surface area contributed by atoms with Crippen molar-refractivity contribution in [1.29, 1.82) is 0 Å². The number of anilines is 2. The maximum Gasteiger partial charge on any atom is 0.270 e. The van der Waals surface area contributed by atoms with Crippen molar-refractivity contribution in [1.82, 2.24) is 20.3 Å². The van der Waals surface area contributed by atoms with Gasteiger partial charge in [0.25, 0.3) is 5.91 Å². The molecule has 0 unspecified atom stereocenters. The van der Waals surface area contributed by atoms with Crippen molar-refractivity contribution >= 4 is 28.4 Å². The maximum atomic E-state index is 12.5. The van der Waals surface area contributed by atoms with Crippen LogP contribution in [0.2, 0.25) is 0 Å². The monoisotopic (exact) mass is 385 g/mol. The van der Waals surface area contributed by atoms with Gasteiger partial charge in [-0.15, -0.1) is 0 Å². The fourth-order valence-electron chi connectivity index (χ4n) is 3.24. The van der Waals surface area contributed by atoms with Crippen LogP contribution in [0.15, 0.2) is 67.0 Å². The minimum absolute atomic E-state index is 0.211. The molecule has 146 valence electrons. The van der Waals surface area contributed by atoms with Gasteiger partial charge in [-0.25, -0.2) is 9.97 Å². The fourth-order valence-corrected chi connectivity index (χ4v) is 3.24. The molecule has 4 aromatic rings. The van der Waals surface area contributed by atoms with E-state index in [1.807, 2.05) is 36.5 Å². The summed E-state index contributed by atoms with van der Waals surface area (Å²) in [6, 6.07) is 17.8. The minimum Gasteiger partial charge on any atom is -0.361 e. The second kappa shape index (κ2) is 8.56. The zero-order valence-corrected chi connectivity index (χ0v) is 16.3. The number of rotatable bonds is 7. The van der Waals surface area contributed by atoms with Crippen LogP contribution >= 0.6 is 0 Å². The molecule has 0 spiro atoms. The predicted octanol–water partition coefficient (Wildman–Crippen LogP) is 4.24. The Morgan fingerprint density at radius 2 is 1.90 bits per heavy atom. The van der Waals surface area contributed by atoms with Crippen molar-refractivity contribution in [3.8, 4) is 0 Å². The van der Waals surface area contributed by atoms with E-state index < -0.39 is 0 Å². The molecule has 0 bridgehead atoms. The van der Waals surface area contributed by atoms with Crippen molar-refractivity contribution in [2.45, 2.75) is 19.8 Å². The van der Waals surface area contributed by atoms with E-state index in [1.165, 1.54) is 16.5 Å². The highest BCUT2D eigenvalue weighted by atomic mass is 16.1. The van der Waals surface area contributed by atoms with Gasteiger partial charge in [-0.05, 0) is 48.2 Å². The number of carbonyl (C=O) groups is 1. The van der Waals surface area contributed by atoms with Crippen molar-refractivity contribution in [3.63, 3.8) is 0 Å². The van der Waals surface area contributed by atoms with E-state index in [-0.39, 0.29) is 5.91 Å². The summed E-state index contributed by atoms with van der Waals surface area (Å²) in [7, 11) is 0. The number of aromatic nitrogens is 3. The number of hydrogen-bond donors (Lipinski definition) is 3. The topological polar surface area (TPSA) is 82.7 Å². The number of hydrogen-bond acceptors (Lipinski definition) is 4. The quantitative estimate of drug-likeness (QED) is 0.444. The zero-order chi connectivity index (χ0) is 20.1. The Balaban J connectivity index is 1.36. The Bertz CT molecular complexity index is 1120. The lowest BCUT2D eigenvalue weighted by atomic mass is 10.1. The Hall–Kier alpha value is -3.67. The average Bonchev–Trinajstić information content (AvgIpc) is 3.18. The van der Waals surface area contributed by atoms with E-state index in [2.05, 4.69) is 50.7 Å². The van der Waals surface area contributed by atoms with E-state index in [9.17, 15) is 4.79 Å². The number of benzene rings is 2. The standard InChI is InChI=1S/C23H23N5O/c1-2-16-7-9-18(10-8-16)27-23-25-14-12-21(28-23)22(29)24-13-11-17-15-26-20-6-4-3-5-19(17)20/h3-10,12,14-15,26H,2,11,13H2,1H3,(H,24,29)(H,25,27,28). The molecule has 6 nitrogen and oxygen atoms in total. The highest BCUT2D eigenvalue weighted by Crippen LogP contribution is 2.18. The first-order chi connectivity index (χ1) is 14.2. The van der Waals surface area contributed by atoms with Gasteiger partial charge in [-0.1, -0.05) is 37.3 Å². The zero-order valence-electron chi connectivity index (χ0n) is 16.3. The fraction of sp³-hybridized carbons (Fsp3) is 0.174. The largest absolute Gasteiger partial charge is 0.361 e. The number of fused-ring (bicyclic) bond motifs is 1. The van der Waals surface area contributed by atoms with Gasteiger partial charge in [0, 0.05) is 35.5 Å². The first-order valence-electron chi connectivity index (χ1n) is 9.75. The first kappa shape index (κ1) is 18.7. The molecule has 2 heterocycles. The van der Waals surface area contributed by atoms with Gasteiger partial charge in [-0.2, -0.15) is 0 Å². The third-order valence-electron chi connectivity index (χ3n) is 4.86. The molecule has 4 rings (SSSR count). The number of nitrogens with zero attached hydrogens (tertiary/aromatic N) is 2. The first-order valence-corrected chi connectivity index (χ1v) is 9.75. The van der Waals surface area contributed by atoms with Gasteiger partial charge >= 0.3 is 0 Å². The summed E-state index contributed by atoms with van der Waals surface area (Å²) in [4.78, 5) is 24.3. The van der Waals surface area contributed by atoms with Gasteiger partial charge in [0.1, 0.15) is 5.69 Å². The molecule has 0 fully saturated rings. The van der Waals surface area contributed by atoms with Crippen molar-refractivity contribution < 1.29 is 4.79 Å². The molecule has 6 heteroatoms. The molecule has 0 radical (unpaired) electrons. The van der Waals surface area contributed by atoms with Crippen molar-refractivity contribution in [2.24, 2.45) is 0 Å². The summed E-state index contributed by atoms with van der Waals surface area (Å²) in [6.45, 7) is 2.65. The van der Waals surface area contributed by atoms with Crippen LogP contribution < -0.4 is 10.6 Å². The Morgan fingerprint density at radius 1 is 1.07 bits per heavy atom. The predicted molar refractivity (Wildman–Crippen MR) is 115 cm³/mol. The summed E-state index contributed by atoms with van der Waals surface area (Å²) >= 11 is 0. The number of para-hydroxylation sites is 1. The summed E-state index contributed by atoms with van der Waals surface area (Å²) in [5.74, 6) is 0.190. The Morgan fingerprint density at radius 3 is 2.72 bits per heavy atom. The van der Waals surface area contributed by atoms with Crippen LogP contribution in [0, 0.1) is 0 Å². The molecule has 0 saturated heterocycles. The summed E-state index contributed by atoms with van der Waals surface area (Å²) in [5.41, 5.74) is 4.78. The highest BCUT2D eigenvalue weighted by Gasteiger charge is 2.10. The third-order valence-corrected chi connectivity index (χ3v) is 4.86. The molecule has 2 aromatic carbocycles. The van der Waals surface area contributed by atoms with Crippen molar-refractivity contribution in [2.75, 3.05) is 11.9 Å². The molecule has 0 atom stereocenters. The lowest BCUT2D eigenvalue weighted by Crippen LogP contribution is -2.26. The summed E-state index contributed by atoms with van der Waals surface area (Å²) < 4.78 is 0. The van der Waals surface area contributed by atoms with Crippen LogP contribution in [0.3, 0.4) is 0 Å². The van der Waals surface area contributed by atoms with E-state index in [4.69, 9.17) is 0 Å². The molecule has 29 heavy (non-hydrogen) atoms. The van der Waals surface area contributed by atoms with Crippen LogP contribution in [-0.4, -0.2) is 27.4 Å². The Labute approximate surface area is 169 Å². The van der Waals surface area contributed by atoms with Crippen LogP contribution in [0.25, 0.3) is 10.9 Å². The number of aromatic amines is 1. The van der Waals surface area contributed by atoms with E-state index in [0.717, 1.165) is 24.0 Å². The molecule has 3 N–H and O–H groups in total. The van der Waals surface area contributed by atoms with Gasteiger partial charge < -0.3 is 15.6 Å². The van der Waals surface area contributed by atoms with E-state index in [1.54, 1.807) is 12.3 Å². The highest BCUT2D eigenvalue weighted by molar-refractivity contribution is 5.92. The number of amides is 1. The van der Waals surface area contributed by atoms with Crippen LogP contribution in [0.4, 0.5) is 11.6 Å². The van der Waals surface area contributed by atoms with Crippen LogP contribution in [-0.2, 0) is 12.8 Å². The molecule has 0 aliphatic carbocycles. The maximum absolute atomic E-state index is 12.5. The average molecular weight is 385 g/mol. The molecule has 1 amide bonds. The molecule has 2 aromatic heterocycles. The van der Waals surface area contributed by atoms with E-state index in [0.29, 0.717) is 18.2 Å². The van der Waals surface area contributed by atoms with Crippen LogP contribution in [0.5, 0.6) is 0 Å². The lowest BCUT2D eigenvalue weighted by Gasteiger charge is -2.08. The second-order valence-electron chi connectivity index (χ2n) is 6.81. The second-order valence-corrected chi connectivity index (χ2v) is 6.81. The van der Waals surface area contributed by atoms with Gasteiger partial charge in [0.2, 0.25) is 5.95 Å². The van der Waals surface area contributed by atoms with Gasteiger partial charge in [-0.3, -0.25) is 4.79 Å². The number of nitrogens with one attached hydrogen (secondary N) is 3. The van der Waals surface area contributed by atoms with Gasteiger partial charge in [0.15, 0.2) is 0 Å². The minimum atomic E-state index is -0.211. The number of aryl methyl sites for hydroxylation is 1. The molecular formula is C23H23N5O. The SMILES string of the molecule is CCc1ccc(Nc2nccc(C(=O)NCCc3c[nH]c4ccccc34)n2)cc1. The van der Waals surface area contributed by atoms with Gasteiger partial charge in [0.05, 0.1) is 0 Å². The van der Waals surface area contributed by atoms with E-state index >= 15 is 0 Å². The number of H-pyrrole nitrogens is 1. The number of carbonyl (C=O) groups excluding carboxylic acids is 1. The van der Waals surface area contributed by atoms with Crippen molar-refractivity contribution in [3.05, 3.63) is 83.8 Å². The van der Waals surface area contributed by atoms with Crippen LogP contribution in [0.1, 0.15) is 28.5 Å². The molecule has 0 saturated carbocycles. The molecular weight excluding hydrogens is 362 g/mol. The summed E-state index contributed by atoms with van der Waals surface area (Å²) in [6.07, 6.45) is 5.32. The molecule has 0 aliphatic heterocycles. The lowest BCUT2D eigenvalue weighted by molar-refractivity contribution is 0.0949. The Kier molecular flexibility index (Phi) is 5.52. The normalized spacial score (nSPS) is 10.8. The smallest absolute Gasteiger partial charge is 0.270 e. The third kappa shape index (κ3) is 4.43. The molecule has 0 aliphatic rings. The summed E-state index contributed by atoms with van der Waals surface area (Å²) in [5, 5.41) is 7.26.